The second-order valence-corrected chi connectivity index (χ2v) is 8.38. The number of carboxylic acids is 1. The number of halogens is 3. The monoisotopic (exact) mass is 483 g/mol. The Morgan fingerprint density at radius 3 is 2.44 bits per heavy atom. The van der Waals surface area contributed by atoms with Gasteiger partial charge in [-0.05, 0) is 75.7 Å². The van der Waals surface area contributed by atoms with Crippen molar-refractivity contribution in [3.05, 3.63) is 23.3 Å². The molecule has 1 fully saturated rings. The number of likely N-dealkylation sites (tertiary alicyclic amines) is 1. The summed E-state index contributed by atoms with van der Waals surface area (Å²) < 4.78 is 43.5. The molecule has 2 aromatic rings. The van der Waals surface area contributed by atoms with Gasteiger partial charge in [0.15, 0.2) is 11.5 Å². The third-order valence-electron chi connectivity index (χ3n) is 6.00. The number of pyridine rings is 1. The number of alkyl halides is 3. The number of benzene rings is 1. The normalized spacial score (nSPS) is 15.6. The SMILES string of the molecule is CCNc1nc2cc(OCCCN3CCCC3)c(OC)cc2c2c1CCC2.O=C(O)C(F)(F)F. The fourth-order valence-corrected chi connectivity index (χ4v) is 4.44. The molecule has 0 unspecified atom stereocenters. The highest BCUT2D eigenvalue weighted by atomic mass is 19.4. The molecule has 1 saturated heterocycles. The topological polar surface area (TPSA) is 83.9 Å². The van der Waals surface area contributed by atoms with Gasteiger partial charge in [0.1, 0.15) is 5.82 Å². The third-order valence-corrected chi connectivity index (χ3v) is 6.00. The fraction of sp³-hybridized carbons (Fsp3) is 0.583. The number of rotatable bonds is 8. The number of aliphatic carboxylic acids is 1. The molecule has 0 amide bonds. The first-order chi connectivity index (χ1) is 16.2. The van der Waals surface area contributed by atoms with Gasteiger partial charge in [0, 0.05) is 24.5 Å². The van der Waals surface area contributed by atoms with Crippen LogP contribution in [0, 0.1) is 0 Å². The van der Waals surface area contributed by atoms with Crippen LogP contribution in [0.25, 0.3) is 10.9 Å². The zero-order valence-corrected chi connectivity index (χ0v) is 19.6. The molecule has 1 aliphatic carbocycles. The van der Waals surface area contributed by atoms with Crippen LogP contribution in [0.4, 0.5) is 19.0 Å². The summed E-state index contributed by atoms with van der Waals surface area (Å²) in [5, 5.41) is 11.8. The Morgan fingerprint density at radius 2 is 1.82 bits per heavy atom. The highest BCUT2D eigenvalue weighted by Gasteiger charge is 2.38. The maximum Gasteiger partial charge on any atom is 0.490 e. The van der Waals surface area contributed by atoms with E-state index in [1.165, 1.54) is 48.9 Å². The first kappa shape index (κ1) is 25.9. The molecule has 188 valence electrons. The lowest BCUT2D eigenvalue weighted by atomic mass is 10.0. The van der Waals surface area contributed by atoms with Gasteiger partial charge in [-0.2, -0.15) is 13.2 Å². The van der Waals surface area contributed by atoms with Gasteiger partial charge in [-0.15, -0.1) is 0 Å². The van der Waals surface area contributed by atoms with Crippen molar-refractivity contribution in [3.8, 4) is 11.5 Å². The van der Waals surface area contributed by atoms with Crippen molar-refractivity contribution >= 4 is 22.7 Å². The Labute approximate surface area is 197 Å². The summed E-state index contributed by atoms with van der Waals surface area (Å²) >= 11 is 0. The molecule has 2 aliphatic rings. The second-order valence-electron chi connectivity index (χ2n) is 8.38. The Balaban J connectivity index is 0.000000406. The van der Waals surface area contributed by atoms with Crippen LogP contribution in [0.15, 0.2) is 12.1 Å². The average Bonchev–Trinajstić information content (AvgIpc) is 3.49. The molecule has 0 atom stereocenters. The maximum atomic E-state index is 10.6. The Morgan fingerprint density at radius 1 is 1.15 bits per heavy atom. The minimum absolute atomic E-state index is 0.712. The predicted octanol–water partition coefficient (Wildman–Crippen LogP) is 4.66. The van der Waals surface area contributed by atoms with Crippen molar-refractivity contribution in [1.82, 2.24) is 9.88 Å². The van der Waals surface area contributed by atoms with Crippen molar-refractivity contribution < 1.29 is 32.5 Å². The Hall–Kier alpha value is -2.75. The van der Waals surface area contributed by atoms with E-state index in [-0.39, 0.29) is 0 Å². The van der Waals surface area contributed by atoms with Crippen molar-refractivity contribution in [1.29, 1.82) is 0 Å². The minimum atomic E-state index is -5.08. The van der Waals surface area contributed by atoms with Crippen LogP contribution >= 0.6 is 0 Å². The van der Waals surface area contributed by atoms with E-state index in [2.05, 4.69) is 29.3 Å². The van der Waals surface area contributed by atoms with Crippen LogP contribution in [-0.4, -0.2) is 67.0 Å². The molecule has 0 saturated carbocycles. The summed E-state index contributed by atoms with van der Waals surface area (Å²) in [7, 11) is 1.72. The second kappa shape index (κ2) is 11.6. The van der Waals surface area contributed by atoms with Gasteiger partial charge in [-0.3, -0.25) is 0 Å². The van der Waals surface area contributed by atoms with Crippen molar-refractivity contribution in [2.75, 3.05) is 45.2 Å². The van der Waals surface area contributed by atoms with Crippen molar-refractivity contribution in [2.45, 2.75) is 51.6 Å². The summed E-state index contributed by atoms with van der Waals surface area (Å²) in [6.07, 6.45) is 2.06. The smallest absolute Gasteiger partial charge is 0.490 e. The molecule has 1 aromatic carbocycles. The van der Waals surface area contributed by atoms with E-state index >= 15 is 0 Å². The van der Waals surface area contributed by atoms with Crippen LogP contribution in [0.1, 0.15) is 43.7 Å². The molecule has 1 aliphatic heterocycles. The lowest BCUT2D eigenvalue weighted by Gasteiger charge is -2.17. The number of nitrogens with zero attached hydrogens (tertiary/aromatic N) is 2. The van der Waals surface area contributed by atoms with Gasteiger partial charge in [0.2, 0.25) is 0 Å². The quantitative estimate of drug-likeness (QED) is 0.528. The van der Waals surface area contributed by atoms with E-state index in [9.17, 15) is 13.2 Å². The van der Waals surface area contributed by atoms with Crippen molar-refractivity contribution in [2.24, 2.45) is 0 Å². The van der Waals surface area contributed by atoms with E-state index < -0.39 is 12.1 Å². The van der Waals surface area contributed by atoms with Crippen LogP contribution in [0.3, 0.4) is 0 Å². The molecule has 0 radical (unpaired) electrons. The van der Waals surface area contributed by atoms with Crippen LogP contribution in [0.5, 0.6) is 11.5 Å². The van der Waals surface area contributed by atoms with Gasteiger partial charge < -0.3 is 24.8 Å². The summed E-state index contributed by atoms with van der Waals surface area (Å²) in [5.74, 6) is -0.0924. The molecular weight excluding hydrogens is 451 g/mol. The predicted molar refractivity (Wildman–Crippen MR) is 124 cm³/mol. The minimum Gasteiger partial charge on any atom is -0.493 e. The number of hydrogen-bond donors (Lipinski definition) is 2. The number of aryl methyl sites for hydroxylation is 1. The standard InChI is InChI=1S/C22H31N3O2.C2HF3O2/c1-3-23-22-17-9-6-8-16(17)18-14-20(26-2)21(15-19(18)24-22)27-13-7-12-25-10-4-5-11-25;3-2(4,5)1(6)7/h14-15H,3-13H2,1-2H3,(H,23,24);(H,6,7). The molecule has 34 heavy (non-hydrogen) atoms. The summed E-state index contributed by atoms with van der Waals surface area (Å²) in [6.45, 7) is 7.32. The fourth-order valence-electron chi connectivity index (χ4n) is 4.44. The number of methoxy groups -OCH3 is 1. The van der Waals surface area contributed by atoms with E-state index in [1.54, 1.807) is 7.11 Å². The molecule has 0 bridgehead atoms. The first-order valence-corrected chi connectivity index (χ1v) is 11.7. The summed E-state index contributed by atoms with van der Waals surface area (Å²) in [4.78, 5) is 16.3. The molecular formula is C24H32F3N3O4. The molecule has 7 nitrogen and oxygen atoms in total. The van der Waals surface area contributed by atoms with E-state index in [0.29, 0.717) is 6.61 Å². The van der Waals surface area contributed by atoms with Gasteiger partial charge >= 0.3 is 12.1 Å². The molecule has 2 N–H and O–H groups in total. The zero-order chi connectivity index (χ0) is 24.7. The van der Waals surface area contributed by atoms with E-state index in [4.69, 9.17) is 24.4 Å². The summed E-state index contributed by atoms with van der Waals surface area (Å²) in [5.41, 5.74) is 3.81. The lowest BCUT2D eigenvalue weighted by molar-refractivity contribution is -0.192. The van der Waals surface area contributed by atoms with E-state index in [1.807, 2.05) is 0 Å². The number of hydrogen-bond acceptors (Lipinski definition) is 6. The highest BCUT2D eigenvalue weighted by Crippen LogP contribution is 2.39. The zero-order valence-electron chi connectivity index (χ0n) is 19.6. The largest absolute Gasteiger partial charge is 0.493 e. The number of carboxylic acid groups (broad SMARTS) is 1. The molecule has 1 aromatic heterocycles. The van der Waals surface area contributed by atoms with Gasteiger partial charge in [0.05, 0.1) is 19.2 Å². The molecule has 2 heterocycles. The highest BCUT2D eigenvalue weighted by molar-refractivity contribution is 5.89. The number of aromatic nitrogens is 1. The molecule has 4 rings (SSSR count). The molecule has 0 spiro atoms. The maximum absolute atomic E-state index is 10.6. The van der Waals surface area contributed by atoms with Gasteiger partial charge in [-0.25, -0.2) is 9.78 Å². The van der Waals surface area contributed by atoms with Crippen LogP contribution in [-0.2, 0) is 17.6 Å². The Kier molecular flexibility index (Phi) is 8.82. The molecule has 10 heteroatoms. The number of fused-ring (bicyclic) bond motifs is 3. The number of ether oxygens (including phenoxy) is 2. The Bertz CT molecular complexity index is 992. The van der Waals surface area contributed by atoms with Gasteiger partial charge in [0.25, 0.3) is 0 Å². The van der Waals surface area contributed by atoms with Crippen LogP contribution in [0.2, 0.25) is 0 Å². The van der Waals surface area contributed by atoms with Crippen LogP contribution < -0.4 is 14.8 Å². The number of carbonyl (C=O) groups is 1. The first-order valence-electron chi connectivity index (χ1n) is 11.7. The van der Waals surface area contributed by atoms with Gasteiger partial charge in [-0.1, -0.05) is 0 Å². The number of anilines is 1. The van der Waals surface area contributed by atoms with Crippen molar-refractivity contribution in [3.63, 3.8) is 0 Å². The van der Waals surface area contributed by atoms with E-state index in [0.717, 1.165) is 55.2 Å². The third kappa shape index (κ3) is 6.43. The average molecular weight is 484 g/mol. The lowest BCUT2D eigenvalue weighted by Crippen LogP contribution is -2.21. The number of nitrogens with one attached hydrogen (secondary N) is 1. The summed E-state index contributed by atoms with van der Waals surface area (Å²) in [6, 6.07) is 4.18.